The molecule has 0 bridgehead atoms. The molecular formula is C19H34. The van der Waals surface area contributed by atoms with Crippen LogP contribution in [0.2, 0.25) is 0 Å². The molecule has 1 saturated carbocycles. The second-order valence-corrected chi connectivity index (χ2v) is 7.44. The van der Waals surface area contributed by atoms with Crippen LogP contribution in [0.5, 0.6) is 0 Å². The average Bonchev–Trinajstić information content (AvgIpc) is 3.13. The molecule has 1 fully saturated rings. The molecule has 0 radical (unpaired) electrons. The molecule has 0 heteroatoms. The summed E-state index contributed by atoms with van der Waals surface area (Å²) >= 11 is 0. The first-order valence-electron chi connectivity index (χ1n) is 8.52. The maximum Gasteiger partial charge on any atom is 0.0251 e. The van der Waals surface area contributed by atoms with E-state index in [4.69, 9.17) is 0 Å². The number of hydrogen-bond donors (Lipinski definition) is 0. The van der Waals surface area contributed by atoms with E-state index in [1.165, 1.54) is 57.8 Å². The van der Waals surface area contributed by atoms with E-state index in [1.54, 1.807) is 0 Å². The van der Waals surface area contributed by atoms with Gasteiger partial charge in [0.05, 0.1) is 0 Å². The summed E-state index contributed by atoms with van der Waals surface area (Å²) in [4.78, 5) is 0. The van der Waals surface area contributed by atoms with Crippen molar-refractivity contribution in [2.24, 2.45) is 17.3 Å². The first-order chi connectivity index (χ1) is 9.04. The molecule has 0 aromatic rings. The molecule has 110 valence electrons. The summed E-state index contributed by atoms with van der Waals surface area (Å²) in [6, 6.07) is 0. The second kappa shape index (κ2) is 8.68. The smallest absolute Gasteiger partial charge is 0.0251 e. The lowest BCUT2D eigenvalue weighted by Gasteiger charge is -2.26. The molecule has 0 aromatic carbocycles. The maximum atomic E-state index is 3.58. The predicted octanol–water partition coefficient (Wildman–Crippen LogP) is 6.20. The van der Waals surface area contributed by atoms with Gasteiger partial charge in [0.2, 0.25) is 0 Å². The van der Waals surface area contributed by atoms with E-state index in [0.29, 0.717) is 11.3 Å². The first kappa shape index (κ1) is 16.6. The minimum Gasteiger partial charge on any atom is -0.103 e. The molecule has 0 spiro atoms. The highest BCUT2D eigenvalue weighted by Crippen LogP contribution is 2.33. The monoisotopic (exact) mass is 262 g/mol. The third-order valence-corrected chi connectivity index (χ3v) is 4.26. The molecular weight excluding hydrogens is 228 g/mol. The Morgan fingerprint density at radius 2 is 1.63 bits per heavy atom. The zero-order chi connectivity index (χ0) is 14.1. The SMILES string of the molecule is CCCCCCCCC(C#CCC1CC1)C(C)(C)C. The molecule has 19 heavy (non-hydrogen) atoms. The van der Waals surface area contributed by atoms with Crippen LogP contribution in [0.25, 0.3) is 0 Å². The van der Waals surface area contributed by atoms with Crippen molar-refractivity contribution >= 4 is 0 Å². The van der Waals surface area contributed by atoms with Crippen LogP contribution in [0.3, 0.4) is 0 Å². The largest absolute Gasteiger partial charge is 0.103 e. The fraction of sp³-hybridized carbons (Fsp3) is 0.895. The summed E-state index contributed by atoms with van der Waals surface area (Å²) in [6.07, 6.45) is 13.7. The summed E-state index contributed by atoms with van der Waals surface area (Å²) in [5, 5.41) is 0. The van der Waals surface area contributed by atoms with Gasteiger partial charge in [0.25, 0.3) is 0 Å². The van der Waals surface area contributed by atoms with Crippen molar-refractivity contribution in [1.29, 1.82) is 0 Å². The summed E-state index contributed by atoms with van der Waals surface area (Å²) in [5.41, 5.74) is 0.347. The third-order valence-electron chi connectivity index (χ3n) is 4.26. The molecule has 1 aliphatic carbocycles. The van der Waals surface area contributed by atoms with Gasteiger partial charge in [0.1, 0.15) is 0 Å². The Balaban J connectivity index is 2.22. The van der Waals surface area contributed by atoms with Gasteiger partial charge >= 0.3 is 0 Å². The van der Waals surface area contributed by atoms with Crippen LogP contribution in [-0.2, 0) is 0 Å². The van der Waals surface area contributed by atoms with E-state index in [9.17, 15) is 0 Å². The Morgan fingerprint density at radius 3 is 2.21 bits per heavy atom. The van der Waals surface area contributed by atoms with Crippen LogP contribution >= 0.6 is 0 Å². The third kappa shape index (κ3) is 8.35. The first-order valence-corrected chi connectivity index (χ1v) is 8.52. The molecule has 0 heterocycles. The fourth-order valence-corrected chi connectivity index (χ4v) is 2.50. The van der Waals surface area contributed by atoms with Gasteiger partial charge in [-0.25, -0.2) is 0 Å². The van der Waals surface area contributed by atoms with E-state index in [1.807, 2.05) is 0 Å². The van der Waals surface area contributed by atoms with Crippen LogP contribution in [0.1, 0.15) is 91.9 Å². The molecule has 0 aromatic heterocycles. The average molecular weight is 262 g/mol. The van der Waals surface area contributed by atoms with E-state index < -0.39 is 0 Å². The van der Waals surface area contributed by atoms with Crippen molar-refractivity contribution in [1.82, 2.24) is 0 Å². The summed E-state index contributed by atoms with van der Waals surface area (Å²) in [5.74, 6) is 8.59. The van der Waals surface area contributed by atoms with Crippen LogP contribution in [0.4, 0.5) is 0 Å². The van der Waals surface area contributed by atoms with E-state index in [-0.39, 0.29) is 0 Å². The minimum atomic E-state index is 0.347. The van der Waals surface area contributed by atoms with Crippen molar-refractivity contribution in [3.63, 3.8) is 0 Å². The molecule has 0 amide bonds. The van der Waals surface area contributed by atoms with Crippen molar-refractivity contribution < 1.29 is 0 Å². The van der Waals surface area contributed by atoms with Crippen LogP contribution < -0.4 is 0 Å². The highest BCUT2D eigenvalue weighted by Gasteiger charge is 2.23. The van der Waals surface area contributed by atoms with Gasteiger partial charge in [-0.3, -0.25) is 0 Å². The van der Waals surface area contributed by atoms with Crippen LogP contribution in [-0.4, -0.2) is 0 Å². The topological polar surface area (TPSA) is 0 Å². The van der Waals surface area contributed by atoms with Crippen LogP contribution in [0.15, 0.2) is 0 Å². The standard InChI is InChI=1S/C19H34/c1-5-6-7-8-9-10-13-18(19(2,3)4)14-11-12-17-15-16-17/h17-18H,5-10,12-13,15-16H2,1-4H3. The Hall–Kier alpha value is -0.440. The zero-order valence-corrected chi connectivity index (χ0v) is 13.7. The van der Waals surface area contributed by atoms with Gasteiger partial charge in [-0.05, 0) is 30.6 Å². The van der Waals surface area contributed by atoms with E-state index in [2.05, 4.69) is 39.5 Å². The normalized spacial score (nSPS) is 16.8. The van der Waals surface area contributed by atoms with Crippen molar-refractivity contribution in [3.8, 4) is 11.8 Å². The summed E-state index contributed by atoms with van der Waals surface area (Å²) in [7, 11) is 0. The van der Waals surface area contributed by atoms with Gasteiger partial charge in [-0.15, -0.1) is 5.92 Å². The van der Waals surface area contributed by atoms with Crippen LogP contribution in [0, 0.1) is 29.1 Å². The zero-order valence-electron chi connectivity index (χ0n) is 13.7. The molecule has 0 aliphatic heterocycles. The Kier molecular flexibility index (Phi) is 7.59. The lowest BCUT2D eigenvalue weighted by Crippen LogP contribution is -2.18. The Bertz CT molecular complexity index is 279. The summed E-state index contributed by atoms with van der Waals surface area (Å²) in [6.45, 7) is 9.33. The number of unbranched alkanes of at least 4 members (excludes halogenated alkanes) is 5. The molecule has 1 rings (SSSR count). The lowest BCUT2D eigenvalue weighted by atomic mass is 9.78. The van der Waals surface area contributed by atoms with Crippen molar-refractivity contribution in [2.45, 2.75) is 91.9 Å². The van der Waals surface area contributed by atoms with Gasteiger partial charge < -0.3 is 0 Å². The van der Waals surface area contributed by atoms with Crippen molar-refractivity contribution in [2.75, 3.05) is 0 Å². The molecule has 0 nitrogen and oxygen atoms in total. The second-order valence-electron chi connectivity index (χ2n) is 7.44. The Labute approximate surface area is 121 Å². The van der Waals surface area contributed by atoms with Gasteiger partial charge in [-0.2, -0.15) is 0 Å². The van der Waals surface area contributed by atoms with Crippen molar-refractivity contribution in [3.05, 3.63) is 0 Å². The number of rotatable bonds is 8. The molecule has 1 atom stereocenters. The predicted molar refractivity (Wildman–Crippen MR) is 86.1 cm³/mol. The minimum absolute atomic E-state index is 0.347. The summed E-state index contributed by atoms with van der Waals surface area (Å²) < 4.78 is 0. The quantitative estimate of drug-likeness (QED) is 0.361. The lowest BCUT2D eigenvalue weighted by molar-refractivity contribution is 0.280. The highest BCUT2D eigenvalue weighted by molar-refractivity contribution is 5.08. The fourth-order valence-electron chi connectivity index (χ4n) is 2.50. The highest BCUT2D eigenvalue weighted by atomic mass is 14.3. The number of hydrogen-bond acceptors (Lipinski definition) is 0. The Morgan fingerprint density at radius 1 is 1.00 bits per heavy atom. The maximum absolute atomic E-state index is 3.58. The molecule has 0 N–H and O–H groups in total. The van der Waals surface area contributed by atoms with Gasteiger partial charge in [-0.1, -0.05) is 72.1 Å². The molecule has 0 saturated heterocycles. The van der Waals surface area contributed by atoms with E-state index in [0.717, 1.165) is 12.3 Å². The van der Waals surface area contributed by atoms with Gasteiger partial charge in [0.15, 0.2) is 0 Å². The molecule has 1 aliphatic rings. The van der Waals surface area contributed by atoms with E-state index >= 15 is 0 Å². The van der Waals surface area contributed by atoms with Gasteiger partial charge in [0, 0.05) is 12.3 Å². The molecule has 1 unspecified atom stereocenters.